The second kappa shape index (κ2) is 5.78. The maximum absolute atomic E-state index is 10.4. The molecule has 21 heavy (non-hydrogen) atoms. The number of hydrogen-bond acceptors (Lipinski definition) is 3. The van der Waals surface area contributed by atoms with E-state index in [1.165, 1.54) is 5.56 Å². The van der Waals surface area contributed by atoms with Crippen LogP contribution in [0.3, 0.4) is 0 Å². The van der Waals surface area contributed by atoms with E-state index in [0.717, 1.165) is 35.5 Å². The zero-order valence-electron chi connectivity index (χ0n) is 12.4. The molecular formula is C18H20O3. The molecule has 2 unspecified atom stereocenters. The molecule has 0 saturated heterocycles. The van der Waals surface area contributed by atoms with Gasteiger partial charge in [0.15, 0.2) is 0 Å². The van der Waals surface area contributed by atoms with E-state index in [9.17, 15) is 5.11 Å². The van der Waals surface area contributed by atoms with Gasteiger partial charge in [-0.2, -0.15) is 0 Å². The topological polar surface area (TPSA) is 38.7 Å². The van der Waals surface area contributed by atoms with Gasteiger partial charge in [0.1, 0.15) is 23.7 Å². The average molecular weight is 284 g/mol. The minimum atomic E-state index is -0.610. The SMILES string of the molecule is CCc1ccc(OC2Cc3ccc(OC)cc3C2O)cc1. The van der Waals surface area contributed by atoms with Gasteiger partial charge in [0.25, 0.3) is 0 Å². The third-order valence-electron chi connectivity index (χ3n) is 4.06. The summed E-state index contributed by atoms with van der Waals surface area (Å²) in [6, 6.07) is 13.9. The summed E-state index contributed by atoms with van der Waals surface area (Å²) in [5, 5.41) is 10.4. The highest BCUT2D eigenvalue weighted by Gasteiger charge is 2.33. The molecule has 0 aliphatic heterocycles. The van der Waals surface area contributed by atoms with Crippen LogP contribution >= 0.6 is 0 Å². The van der Waals surface area contributed by atoms with E-state index < -0.39 is 6.10 Å². The van der Waals surface area contributed by atoms with Gasteiger partial charge in [-0.25, -0.2) is 0 Å². The summed E-state index contributed by atoms with van der Waals surface area (Å²) >= 11 is 0. The second-order valence-electron chi connectivity index (χ2n) is 5.37. The van der Waals surface area contributed by atoms with Crippen LogP contribution in [-0.2, 0) is 12.8 Å². The number of aryl methyl sites for hydroxylation is 1. The minimum absolute atomic E-state index is 0.236. The molecule has 1 aliphatic carbocycles. The van der Waals surface area contributed by atoms with E-state index in [0.29, 0.717) is 0 Å². The van der Waals surface area contributed by atoms with Crippen molar-refractivity contribution in [2.75, 3.05) is 7.11 Å². The molecule has 2 aromatic rings. The van der Waals surface area contributed by atoms with E-state index in [1.54, 1.807) is 7.11 Å². The molecule has 0 bridgehead atoms. The highest BCUT2D eigenvalue weighted by Crippen LogP contribution is 2.36. The van der Waals surface area contributed by atoms with E-state index in [-0.39, 0.29) is 6.10 Å². The van der Waals surface area contributed by atoms with Gasteiger partial charge < -0.3 is 14.6 Å². The van der Waals surface area contributed by atoms with Crippen LogP contribution in [0.4, 0.5) is 0 Å². The quantitative estimate of drug-likeness (QED) is 0.936. The number of aliphatic hydroxyl groups excluding tert-OH is 1. The van der Waals surface area contributed by atoms with Crippen molar-refractivity contribution in [2.24, 2.45) is 0 Å². The van der Waals surface area contributed by atoms with Crippen LogP contribution in [-0.4, -0.2) is 18.3 Å². The summed E-state index contributed by atoms with van der Waals surface area (Å²) in [5.74, 6) is 1.57. The van der Waals surface area contributed by atoms with Crippen molar-refractivity contribution in [3.05, 3.63) is 59.2 Å². The Labute approximate surface area is 125 Å². The van der Waals surface area contributed by atoms with Crippen LogP contribution in [0, 0.1) is 0 Å². The second-order valence-corrected chi connectivity index (χ2v) is 5.37. The third kappa shape index (κ3) is 2.74. The maximum atomic E-state index is 10.4. The predicted molar refractivity (Wildman–Crippen MR) is 81.9 cm³/mol. The zero-order valence-corrected chi connectivity index (χ0v) is 12.4. The normalized spacial score (nSPS) is 20.1. The fourth-order valence-electron chi connectivity index (χ4n) is 2.77. The third-order valence-corrected chi connectivity index (χ3v) is 4.06. The van der Waals surface area contributed by atoms with Gasteiger partial charge in [0, 0.05) is 6.42 Å². The van der Waals surface area contributed by atoms with Crippen LogP contribution in [0.5, 0.6) is 11.5 Å². The Bertz CT molecular complexity index is 619. The number of fused-ring (bicyclic) bond motifs is 1. The molecule has 0 amide bonds. The van der Waals surface area contributed by atoms with Gasteiger partial charge in [0.2, 0.25) is 0 Å². The van der Waals surface area contributed by atoms with Crippen molar-refractivity contribution in [1.29, 1.82) is 0 Å². The summed E-state index contributed by atoms with van der Waals surface area (Å²) in [5.41, 5.74) is 3.31. The molecule has 2 atom stereocenters. The van der Waals surface area contributed by atoms with E-state index in [2.05, 4.69) is 19.1 Å². The van der Waals surface area contributed by atoms with Crippen molar-refractivity contribution in [3.8, 4) is 11.5 Å². The predicted octanol–water partition coefficient (Wildman–Crippen LogP) is 3.29. The Kier molecular flexibility index (Phi) is 3.84. The van der Waals surface area contributed by atoms with Gasteiger partial charge in [0.05, 0.1) is 7.11 Å². The van der Waals surface area contributed by atoms with Crippen molar-refractivity contribution < 1.29 is 14.6 Å². The first-order chi connectivity index (χ1) is 10.2. The molecule has 3 rings (SSSR count). The Morgan fingerprint density at radius 2 is 1.81 bits per heavy atom. The molecule has 3 heteroatoms. The number of ether oxygens (including phenoxy) is 2. The van der Waals surface area contributed by atoms with Gasteiger partial charge in [-0.1, -0.05) is 25.1 Å². The molecule has 0 aromatic heterocycles. The van der Waals surface area contributed by atoms with Gasteiger partial charge >= 0.3 is 0 Å². The van der Waals surface area contributed by atoms with E-state index in [4.69, 9.17) is 9.47 Å². The largest absolute Gasteiger partial charge is 0.497 e. The molecule has 0 radical (unpaired) electrons. The Hall–Kier alpha value is -2.00. The monoisotopic (exact) mass is 284 g/mol. The minimum Gasteiger partial charge on any atom is -0.497 e. The maximum Gasteiger partial charge on any atom is 0.133 e. The van der Waals surface area contributed by atoms with E-state index in [1.807, 2.05) is 30.3 Å². The first-order valence-electron chi connectivity index (χ1n) is 7.31. The highest BCUT2D eigenvalue weighted by molar-refractivity contribution is 5.42. The lowest BCUT2D eigenvalue weighted by Gasteiger charge is -2.17. The number of rotatable bonds is 4. The lowest BCUT2D eigenvalue weighted by molar-refractivity contribution is 0.0493. The van der Waals surface area contributed by atoms with Gasteiger partial charge in [-0.05, 0) is 47.4 Å². The number of benzene rings is 2. The summed E-state index contributed by atoms with van der Waals surface area (Å²) in [4.78, 5) is 0. The Morgan fingerprint density at radius 3 is 2.48 bits per heavy atom. The van der Waals surface area contributed by atoms with Crippen molar-refractivity contribution >= 4 is 0 Å². The molecule has 1 N–H and O–H groups in total. The van der Waals surface area contributed by atoms with Crippen molar-refractivity contribution in [2.45, 2.75) is 32.0 Å². The molecule has 2 aromatic carbocycles. The molecule has 0 spiro atoms. The molecule has 0 heterocycles. The van der Waals surface area contributed by atoms with Crippen LogP contribution in [0.2, 0.25) is 0 Å². The number of aliphatic hydroxyl groups is 1. The first kappa shape index (κ1) is 14.0. The van der Waals surface area contributed by atoms with Crippen LogP contribution in [0.15, 0.2) is 42.5 Å². The standard InChI is InChI=1S/C18H20O3/c1-3-12-4-7-14(8-5-12)21-17-10-13-6-9-15(20-2)11-16(13)18(17)19/h4-9,11,17-19H,3,10H2,1-2H3. The smallest absolute Gasteiger partial charge is 0.133 e. The van der Waals surface area contributed by atoms with E-state index >= 15 is 0 Å². The fourth-order valence-corrected chi connectivity index (χ4v) is 2.77. The molecule has 0 saturated carbocycles. The lowest BCUT2D eigenvalue weighted by atomic mass is 10.1. The van der Waals surface area contributed by atoms with Crippen molar-refractivity contribution in [1.82, 2.24) is 0 Å². The fraction of sp³-hybridized carbons (Fsp3) is 0.333. The Morgan fingerprint density at radius 1 is 1.10 bits per heavy atom. The summed E-state index contributed by atoms with van der Waals surface area (Å²) in [7, 11) is 1.63. The van der Waals surface area contributed by atoms with Crippen molar-refractivity contribution in [3.63, 3.8) is 0 Å². The average Bonchev–Trinajstić information content (AvgIpc) is 2.84. The molecular weight excluding hydrogens is 264 g/mol. The first-order valence-corrected chi connectivity index (χ1v) is 7.31. The molecule has 110 valence electrons. The van der Waals surface area contributed by atoms with Gasteiger partial charge in [-0.15, -0.1) is 0 Å². The molecule has 1 aliphatic rings. The van der Waals surface area contributed by atoms with Crippen LogP contribution in [0.1, 0.15) is 29.7 Å². The van der Waals surface area contributed by atoms with Gasteiger partial charge in [-0.3, -0.25) is 0 Å². The zero-order chi connectivity index (χ0) is 14.8. The summed E-state index contributed by atoms with van der Waals surface area (Å²) in [6.07, 6.45) is 0.883. The molecule has 3 nitrogen and oxygen atoms in total. The highest BCUT2D eigenvalue weighted by atomic mass is 16.5. The van der Waals surface area contributed by atoms with Crippen LogP contribution in [0.25, 0.3) is 0 Å². The number of hydrogen-bond donors (Lipinski definition) is 1. The summed E-state index contributed by atoms with van der Waals surface area (Å²) < 4.78 is 11.2. The molecule has 0 fully saturated rings. The van der Waals surface area contributed by atoms with Crippen LogP contribution < -0.4 is 9.47 Å². The summed E-state index contributed by atoms with van der Waals surface area (Å²) in [6.45, 7) is 2.13. The number of methoxy groups -OCH3 is 1. The lowest BCUT2D eigenvalue weighted by Crippen LogP contribution is -2.21. The Balaban J connectivity index is 1.76.